The van der Waals surface area contributed by atoms with Crippen LogP contribution in [0.15, 0.2) is 29.3 Å². The lowest BCUT2D eigenvalue weighted by atomic mass is 10.2. The van der Waals surface area contributed by atoms with Crippen molar-refractivity contribution in [2.45, 2.75) is 45.7 Å². The van der Waals surface area contributed by atoms with E-state index in [1.807, 2.05) is 31.2 Å². The van der Waals surface area contributed by atoms with Crippen LogP contribution >= 0.6 is 24.0 Å². The van der Waals surface area contributed by atoms with Gasteiger partial charge in [-0.3, -0.25) is 4.79 Å². The predicted octanol–water partition coefficient (Wildman–Crippen LogP) is 2.43. The zero-order valence-corrected chi connectivity index (χ0v) is 17.3. The van der Waals surface area contributed by atoms with Gasteiger partial charge in [-0.2, -0.15) is 0 Å². The molecule has 2 rings (SSSR count). The SMILES string of the molecule is CCCNC(=NCc1cccc(OCC(=O)NC2CC2)c1)NCC.I. The van der Waals surface area contributed by atoms with Crippen LogP contribution in [0.4, 0.5) is 0 Å². The fraction of sp³-hybridized carbons (Fsp3) is 0.556. The smallest absolute Gasteiger partial charge is 0.258 e. The summed E-state index contributed by atoms with van der Waals surface area (Å²) < 4.78 is 5.56. The molecule has 0 spiro atoms. The molecule has 1 fully saturated rings. The highest BCUT2D eigenvalue weighted by molar-refractivity contribution is 14.0. The number of aliphatic imine (C=N–C) groups is 1. The standard InChI is InChI=1S/C18H28N4O2.HI/c1-3-10-20-18(19-4-2)21-12-14-6-5-7-16(11-14)24-13-17(23)22-15-8-9-15;/h5-7,11,15H,3-4,8-10,12-13H2,1-2H3,(H,22,23)(H2,19,20,21);1H. The van der Waals surface area contributed by atoms with E-state index < -0.39 is 0 Å². The molecule has 1 aliphatic rings. The van der Waals surface area contributed by atoms with E-state index in [9.17, 15) is 4.79 Å². The third-order valence-corrected chi connectivity index (χ3v) is 3.52. The van der Waals surface area contributed by atoms with Crippen molar-refractivity contribution in [1.82, 2.24) is 16.0 Å². The third-order valence-electron chi connectivity index (χ3n) is 3.52. The van der Waals surface area contributed by atoms with E-state index in [1.165, 1.54) is 0 Å². The maximum absolute atomic E-state index is 11.7. The van der Waals surface area contributed by atoms with Crippen molar-refractivity contribution in [3.63, 3.8) is 0 Å². The van der Waals surface area contributed by atoms with E-state index in [1.54, 1.807) is 0 Å². The highest BCUT2D eigenvalue weighted by Crippen LogP contribution is 2.18. The second-order valence-electron chi connectivity index (χ2n) is 5.90. The van der Waals surface area contributed by atoms with Crippen LogP contribution in [0.2, 0.25) is 0 Å². The summed E-state index contributed by atoms with van der Waals surface area (Å²) in [5.41, 5.74) is 1.05. The molecule has 25 heavy (non-hydrogen) atoms. The molecule has 6 nitrogen and oxygen atoms in total. The molecule has 0 radical (unpaired) electrons. The van der Waals surface area contributed by atoms with Crippen molar-refractivity contribution >= 4 is 35.8 Å². The molecule has 0 heterocycles. The number of carbonyl (C=O) groups excluding carboxylic acids is 1. The van der Waals surface area contributed by atoms with Gasteiger partial charge >= 0.3 is 0 Å². The first-order valence-corrected chi connectivity index (χ1v) is 8.74. The van der Waals surface area contributed by atoms with E-state index in [2.05, 4.69) is 27.9 Å². The van der Waals surface area contributed by atoms with Crippen molar-refractivity contribution in [1.29, 1.82) is 0 Å². The quantitative estimate of drug-likeness (QED) is 0.301. The Bertz CT molecular complexity index is 562. The molecule has 0 aliphatic heterocycles. The zero-order valence-electron chi connectivity index (χ0n) is 15.0. The highest BCUT2D eigenvalue weighted by atomic mass is 127. The molecule has 0 unspecified atom stereocenters. The molecule has 1 aromatic carbocycles. The van der Waals surface area contributed by atoms with Gasteiger partial charge in [0.05, 0.1) is 6.54 Å². The maximum Gasteiger partial charge on any atom is 0.258 e. The van der Waals surface area contributed by atoms with E-state index in [-0.39, 0.29) is 36.5 Å². The maximum atomic E-state index is 11.7. The van der Waals surface area contributed by atoms with Gasteiger partial charge in [-0.15, -0.1) is 24.0 Å². The Labute approximate surface area is 167 Å². The van der Waals surface area contributed by atoms with Gasteiger partial charge in [-0.25, -0.2) is 4.99 Å². The van der Waals surface area contributed by atoms with E-state index in [4.69, 9.17) is 4.74 Å². The van der Waals surface area contributed by atoms with E-state index >= 15 is 0 Å². The fourth-order valence-corrected chi connectivity index (χ4v) is 2.14. The van der Waals surface area contributed by atoms with E-state index in [0.29, 0.717) is 18.3 Å². The second kappa shape index (κ2) is 11.9. The Morgan fingerprint density at radius 3 is 2.76 bits per heavy atom. The van der Waals surface area contributed by atoms with Gasteiger partial charge in [-0.1, -0.05) is 19.1 Å². The number of nitrogens with zero attached hydrogens (tertiary/aromatic N) is 1. The van der Waals surface area contributed by atoms with Crippen LogP contribution in [0.25, 0.3) is 0 Å². The first-order valence-electron chi connectivity index (χ1n) is 8.74. The third kappa shape index (κ3) is 8.94. The number of hydrogen-bond acceptors (Lipinski definition) is 3. The minimum Gasteiger partial charge on any atom is -0.484 e. The Morgan fingerprint density at radius 1 is 1.28 bits per heavy atom. The summed E-state index contributed by atoms with van der Waals surface area (Å²) in [4.78, 5) is 16.2. The number of guanidine groups is 1. The summed E-state index contributed by atoms with van der Waals surface area (Å²) in [5.74, 6) is 1.45. The summed E-state index contributed by atoms with van der Waals surface area (Å²) in [6, 6.07) is 8.08. The second-order valence-corrected chi connectivity index (χ2v) is 5.90. The topological polar surface area (TPSA) is 74.8 Å². The van der Waals surface area contributed by atoms with Crippen LogP contribution in [-0.4, -0.2) is 37.6 Å². The van der Waals surface area contributed by atoms with Crippen molar-refractivity contribution in [3.05, 3.63) is 29.8 Å². The molecule has 0 atom stereocenters. The summed E-state index contributed by atoms with van der Waals surface area (Å²) in [6.07, 6.45) is 3.22. The Hall–Kier alpha value is -1.51. The van der Waals surface area contributed by atoms with Crippen LogP contribution in [0.1, 0.15) is 38.7 Å². The summed E-state index contributed by atoms with van der Waals surface area (Å²) in [5, 5.41) is 9.41. The number of rotatable bonds is 9. The molecular formula is C18H29IN4O2. The molecule has 3 N–H and O–H groups in total. The van der Waals surface area contributed by atoms with Crippen LogP contribution < -0.4 is 20.7 Å². The highest BCUT2D eigenvalue weighted by Gasteiger charge is 2.23. The lowest BCUT2D eigenvalue weighted by molar-refractivity contribution is -0.123. The number of benzene rings is 1. The van der Waals surface area contributed by atoms with Gasteiger partial charge in [0, 0.05) is 19.1 Å². The van der Waals surface area contributed by atoms with Gasteiger partial charge in [0.2, 0.25) is 0 Å². The van der Waals surface area contributed by atoms with Crippen LogP contribution in [0.5, 0.6) is 5.75 Å². The Morgan fingerprint density at radius 2 is 2.08 bits per heavy atom. The number of halogens is 1. The number of carbonyl (C=O) groups is 1. The van der Waals surface area contributed by atoms with Crippen molar-refractivity contribution in [2.24, 2.45) is 4.99 Å². The number of ether oxygens (including phenoxy) is 1. The molecule has 140 valence electrons. The van der Waals surface area contributed by atoms with Gasteiger partial charge in [0.1, 0.15) is 5.75 Å². The van der Waals surface area contributed by atoms with Gasteiger partial charge in [0.15, 0.2) is 12.6 Å². The van der Waals surface area contributed by atoms with Crippen LogP contribution in [0, 0.1) is 0 Å². The molecule has 1 saturated carbocycles. The minimum absolute atomic E-state index is 0. The molecule has 0 bridgehead atoms. The van der Waals surface area contributed by atoms with Crippen molar-refractivity contribution in [3.8, 4) is 5.75 Å². The molecule has 1 aromatic rings. The molecule has 0 aromatic heterocycles. The zero-order chi connectivity index (χ0) is 17.2. The van der Waals surface area contributed by atoms with Crippen LogP contribution in [0.3, 0.4) is 0 Å². The Kier molecular flexibility index (Phi) is 10.3. The number of nitrogens with one attached hydrogen (secondary N) is 3. The van der Waals surface area contributed by atoms with Crippen LogP contribution in [-0.2, 0) is 11.3 Å². The fourth-order valence-electron chi connectivity index (χ4n) is 2.14. The lowest BCUT2D eigenvalue weighted by Gasteiger charge is -2.11. The predicted molar refractivity (Wildman–Crippen MR) is 112 cm³/mol. The summed E-state index contributed by atoms with van der Waals surface area (Å²) in [6.45, 7) is 6.51. The van der Waals surface area contributed by atoms with Gasteiger partial charge < -0.3 is 20.7 Å². The Balaban J connectivity index is 0.00000312. The average Bonchev–Trinajstić information content (AvgIpc) is 3.40. The molecule has 0 saturated heterocycles. The molecule has 1 aliphatic carbocycles. The summed E-state index contributed by atoms with van der Waals surface area (Å²) >= 11 is 0. The number of hydrogen-bond donors (Lipinski definition) is 3. The molecular weight excluding hydrogens is 431 g/mol. The average molecular weight is 460 g/mol. The van der Waals surface area contributed by atoms with Gasteiger partial charge in [0.25, 0.3) is 5.91 Å². The first kappa shape index (κ1) is 21.5. The van der Waals surface area contributed by atoms with Crippen molar-refractivity contribution in [2.75, 3.05) is 19.7 Å². The monoisotopic (exact) mass is 460 g/mol. The molecule has 1 amide bonds. The van der Waals surface area contributed by atoms with E-state index in [0.717, 1.165) is 43.9 Å². The first-order chi connectivity index (χ1) is 11.7. The molecule has 7 heteroatoms. The lowest BCUT2D eigenvalue weighted by Crippen LogP contribution is -2.37. The number of amides is 1. The summed E-state index contributed by atoms with van der Waals surface area (Å²) in [7, 11) is 0. The largest absolute Gasteiger partial charge is 0.484 e. The minimum atomic E-state index is -0.0564. The van der Waals surface area contributed by atoms with Gasteiger partial charge in [-0.05, 0) is 43.9 Å². The normalized spacial score (nSPS) is 13.6. The van der Waals surface area contributed by atoms with Crippen molar-refractivity contribution < 1.29 is 9.53 Å².